The minimum absolute atomic E-state index is 0.0523. The number of aryl methyl sites for hydroxylation is 2. The maximum Gasteiger partial charge on any atom is 0.242 e. The van der Waals surface area contributed by atoms with E-state index in [1.807, 2.05) is 26.8 Å². The van der Waals surface area contributed by atoms with Crippen LogP contribution in [0.15, 0.2) is 27.8 Å². The van der Waals surface area contributed by atoms with Crippen LogP contribution in [0.25, 0.3) is 0 Å². The Morgan fingerprint density at radius 1 is 1.29 bits per heavy atom. The van der Waals surface area contributed by atoms with Gasteiger partial charge in [-0.3, -0.25) is 4.79 Å². The van der Waals surface area contributed by atoms with Crippen molar-refractivity contribution >= 4 is 23.2 Å². The lowest BCUT2D eigenvalue weighted by atomic mass is 10.4. The average Bonchev–Trinajstić information content (AvgIpc) is 3.17. The highest BCUT2D eigenvalue weighted by Crippen LogP contribution is 2.16. The van der Waals surface area contributed by atoms with Crippen molar-refractivity contribution in [2.45, 2.75) is 33.9 Å². The first-order valence-electron chi connectivity index (χ1n) is 7.82. The lowest BCUT2D eigenvalue weighted by Crippen LogP contribution is -2.38. The molecule has 0 atom stereocenters. The van der Waals surface area contributed by atoms with Crippen LogP contribution in [0.1, 0.15) is 28.3 Å². The van der Waals surface area contributed by atoms with Gasteiger partial charge in [-0.1, -0.05) is 0 Å². The highest BCUT2D eigenvalue weighted by atomic mass is 32.1. The van der Waals surface area contributed by atoms with Crippen molar-refractivity contribution in [2.24, 2.45) is 4.99 Å². The van der Waals surface area contributed by atoms with E-state index in [-0.39, 0.29) is 12.5 Å². The number of thiazole rings is 1. The number of rotatable bonds is 7. The van der Waals surface area contributed by atoms with E-state index >= 15 is 0 Å². The van der Waals surface area contributed by atoms with Gasteiger partial charge in [-0.2, -0.15) is 0 Å². The molecule has 0 unspecified atom stereocenters. The van der Waals surface area contributed by atoms with E-state index in [0.717, 1.165) is 17.2 Å². The van der Waals surface area contributed by atoms with Gasteiger partial charge in [0.25, 0.3) is 0 Å². The maximum atomic E-state index is 11.9. The third-order valence-electron chi connectivity index (χ3n) is 3.18. The van der Waals surface area contributed by atoms with Crippen LogP contribution in [0.3, 0.4) is 0 Å². The Bertz CT molecular complexity index is 679. The summed E-state index contributed by atoms with van der Waals surface area (Å²) in [6.45, 7) is 7.74. The minimum Gasteiger partial charge on any atom is -0.467 e. The molecule has 7 nitrogen and oxygen atoms in total. The molecule has 0 aromatic carbocycles. The molecule has 0 saturated carbocycles. The summed E-state index contributed by atoms with van der Waals surface area (Å²) in [6, 6.07) is 3.60. The predicted octanol–water partition coefficient (Wildman–Crippen LogP) is 1.72. The monoisotopic (exact) mass is 349 g/mol. The fraction of sp³-hybridized carbons (Fsp3) is 0.438. The summed E-state index contributed by atoms with van der Waals surface area (Å²) in [4.78, 5) is 21.7. The predicted molar refractivity (Wildman–Crippen MR) is 95.0 cm³/mol. The summed E-state index contributed by atoms with van der Waals surface area (Å²) in [5, 5.41) is 10.2. The standard InChI is InChI=1S/C16H23N5O2S/c1-4-17-16(19-9-14-11(2)21-12(3)24-14)20-10-15(22)18-8-13-6-5-7-23-13/h5-7H,4,8-10H2,1-3H3,(H,18,22)(H2,17,19,20). The first kappa shape index (κ1) is 18.0. The van der Waals surface area contributed by atoms with Gasteiger partial charge in [0.15, 0.2) is 5.96 Å². The van der Waals surface area contributed by atoms with Crippen LogP contribution < -0.4 is 16.0 Å². The number of nitrogens with one attached hydrogen (secondary N) is 3. The zero-order chi connectivity index (χ0) is 17.4. The van der Waals surface area contributed by atoms with E-state index in [2.05, 4.69) is 25.9 Å². The van der Waals surface area contributed by atoms with Crippen LogP contribution in [-0.2, 0) is 17.9 Å². The van der Waals surface area contributed by atoms with Gasteiger partial charge in [0.2, 0.25) is 5.91 Å². The van der Waals surface area contributed by atoms with Crippen molar-refractivity contribution < 1.29 is 9.21 Å². The van der Waals surface area contributed by atoms with E-state index in [0.29, 0.717) is 24.8 Å². The van der Waals surface area contributed by atoms with Crippen LogP contribution >= 0.6 is 11.3 Å². The van der Waals surface area contributed by atoms with Gasteiger partial charge >= 0.3 is 0 Å². The zero-order valence-corrected chi connectivity index (χ0v) is 15.0. The van der Waals surface area contributed by atoms with Crippen LogP contribution in [-0.4, -0.2) is 29.9 Å². The van der Waals surface area contributed by atoms with Gasteiger partial charge in [-0.05, 0) is 32.9 Å². The summed E-state index contributed by atoms with van der Waals surface area (Å²) >= 11 is 1.66. The Morgan fingerprint density at radius 2 is 2.12 bits per heavy atom. The summed E-state index contributed by atoms with van der Waals surface area (Å²) in [5.74, 6) is 1.16. The van der Waals surface area contributed by atoms with Gasteiger partial charge in [0, 0.05) is 11.4 Å². The molecule has 24 heavy (non-hydrogen) atoms. The number of carbonyl (C=O) groups is 1. The van der Waals surface area contributed by atoms with E-state index in [9.17, 15) is 4.79 Å². The quantitative estimate of drug-likeness (QED) is 0.523. The molecule has 0 aliphatic heterocycles. The van der Waals surface area contributed by atoms with Gasteiger partial charge in [-0.15, -0.1) is 11.3 Å². The molecule has 0 spiro atoms. The summed E-state index contributed by atoms with van der Waals surface area (Å²) < 4.78 is 5.17. The van der Waals surface area contributed by atoms with Crippen molar-refractivity contribution in [1.29, 1.82) is 0 Å². The molecular weight excluding hydrogens is 326 g/mol. The molecule has 0 bridgehead atoms. The van der Waals surface area contributed by atoms with Gasteiger partial charge in [0.1, 0.15) is 12.3 Å². The largest absolute Gasteiger partial charge is 0.467 e. The lowest BCUT2D eigenvalue weighted by Gasteiger charge is -2.10. The molecule has 1 amide bonds. The Balaban J connectivity index is 1.83. The van der Waals surface area contributed by atoms with Gasteiger partial charge in [-0.25, -0.2) is 9.98 Å². The van der Waals surface area contributed by atoms with Crippen LogP contribution in [0.2, 0.25) is 0 Å². The topological polar surface area (TPSA) is 91.5 Å². The second-order valence-corrected chi connectivity index (χ2v) is 6.43. The van der Waals surface area contributed by atoms with Gasteiger partial charge in [0.05, 0.1) is 30.1 Å². The number of guanidine groups is 1. The summed E-state index contributed by atoms with van der Waals surface area (Å²) in [6.07, 6.45) is 1.58. The number of nitrogens with zero attached hydrogens (tertiary/aromatic N) is 2. The van der Waals surface area contributed by atoms with Crippen molar-refractivity contribution in [1.82, 2.24) is 20.9 Å². The minimum atomic E-state index is -0.159. The molecule has 0 saturated heterocycles. The first-order valence-corrected chi connectivity index (χ1v) is 8.64. The molecular formula is C16H23N5O2S. The number of aliphatic imine (C=N–C) groups is 1. The number of aromatic nitrogens is 1. The molecule has 2 heterocycles. The van der Waals surface area contributed by atoms with E-state index < -0.39 is 0 Å². The van der Waals surface area contributed by atoms with Crippen LogP contribution in [0.5, 0.6) is 0 Å². The first-order chi connectivity index (χ1) is 11.6. The molecule has 0 fully saturated rings. The number of carbonyl (C=O) groups excluding carboxylic acids is 1. The van der Waals surface area contributed by atoms with Crippen LogP contribution in [0, 0.1) is 13.8 Å². The zero-order valence-electron chi connectivity index (χ0n) is 14.2. The molecule has 0 radical (unpaired) electrons. The van der Waals surface area contributed by atoms with E-state index in [1.165, 1.54) is 4.88 Å². The van der Waals surface area contributed by atoms with Crippen molar-refractivity contribution in [2.75, 3.05) is 13.1 Å². The Labute approximate surface area is 145 Å². The molecule has 130 valence electrons. The Kier molecular flexibility index (Phi) is 6.80. The summed E-state index contributed by atoms with van der Waals surface area (Å²) in [7, 11) is 0. The Morgan fingerprint density at radius 3 is 2.75 bits per heavy atom. The molecule has 0 aliphatic rings. The average molecular weight is 349 g/mol. The Hall–Kier alpha value is -2.35. The van der Waals surface area contributed by atoms with Gasteiger partial charge < -0.3 is 20.4 Å². The third-order valence-corrected chi connectivity index (χ3v) is 4.25. The number of hydrogen-bond acceptors (Lipinski definition) is 5. The molecule has 0 aliphatic carbocycles. The normalized spacial score (nSPS) is 11.4. The lowest BCUT2D eigenvalue weighted by molar-refractivity contribution is -0.119. The number of amides is 1. The van der Waals surface area contributed by atoms with E-state index in [1.54, 1.807) is 23.7 Å². The fourth-order valence-corrected chi connectivity index (χ4v) is 2.93. The second kappa shape index (κ2) is 9.07. The second-order valence-electron chi connectivity index (χ2n) is 5.15. The third kappa shape index (κ3) is 5.69. The highest BCUT2D eigenvalue weighted by Gasteiger charge is 2.07. The molecule has 2 aromatic rings. The van der Waals surface area contributed by atoms with Crippen molar-refractivity contribution in [3.05, 3.63) is 39.7 Å². The molecule has 8 heteroatoms. The maximum absolute atomic E-state index is 11.9. The SMILES string of the molecule is CCNC(=NCC(=O)NCc1ccco1)NCc1sc(C)nc1C. The number of hydrogen-bond donors (Lipinski definition) is 3. The smallest absolute Gasteiger partial charge is 0.242 e. The van der Waals surface area contributed by atoms with E-state index in [4.69, 9.17) is 4.42 Å². The molecule has 2 aromatic heterocycles. The van der Waals surface area contributed by atoms with Crippen molar-refractivity contribution in [3.8, 4) is 0 Å². The fourth-order valence-electron chi connectivity index (χ4n) is 2.05. The summed E-state index contributed by atoms with van der Waals surface area (Å²) in [5.41, 5.74) is 1.03. The molecule has 2 rings (SSSR count). The van der Waals surface area contributed by atoms with Crippen LogP contribution in [0.4, 0.5) is 0 Å². The molecule has 3 N–H and O–H groups in total. The highest BCUT2D eigenvalue weighted by molar-refractivity contribution is 7.11. The van der Waals surface area contributed by atoms with Crippen molar-refractivity contribution in [3.63, 3.8) is 0 Å². The number of furan rings is 1.